The molecule has 1 amide bonds. The van der Waals surface area contributed by atoms with E-state index < -0.39 is 0 Å². The second kappa shape index (κ2) is 9.19. The molecule has 2 aromatic heterocycles. The third-order valence-electron chi connectivity index (χ3n) is 5.33. The van der Waals surface area contributed by atoms with Gasteiger partial charge in [0.1, 0.15) is 5.82 Å². The summed E-state index contributed by atoms with van der Waals surface area (Å²) in [5.74, 6) is -0.158. The number of carbonyl (C=O) groups excluding carboxylic acids is 1. The highest BCUT2D eigenvalue weighted by Crippen LogP contribution is 2.22. The van der Waals surface area contributed by atoms with Crippen molar-refractivity contribution < 1.29 is 13.9 Å². The number of rotatable bonds is 6. The second-order valence-corrected chi connectivity index (χ2v) is 7.26. The van der Waals surface area contributed by atoms with E-state index in [2.05, 4.69) is 25.5 Å². The standard InChI is InChI=1S/C21H23FN6O3/c1-14-17(12-24-28(14)19-6-7-20(29)26-25-19)21(30)23-13-18(27-8-10-31-11-9-27)15-2-4-16(22)5-3-15/h2-7,12,18H,8-11,13H2,1H3,(H,23,30)(H,26,29). The molecule has 162 valence electrons. The highest BCUT2D eigenvalue weighted by atomic mass is 19.1. The highest BCUT2D eigenvalue weighted by molar-refractivity contribution is 5.95. The van der Waals surface area contributed by atoms with Crippen LogP contribution in [0.3, 0.4) is 0 Å². The van der Waals surface area contributed by atoms with E-state index in [1.807, 2.05) is 0 Å². The van der Waals surface area contributed by atoms with Crippen LogP contribution in [0.15, 0.2) is 47.4 Å². The van der Waals surface area contributed by atoms with E-state index in [1.165, 1.54) is 35.1 Å². The van der Waals surface area contributed by atoms with Crippen LogP contribution in [0, 0.1) is 12.7 Å². The van der Waals surface area contributed by atoms with E-state index in [4.69, 9.17) is 4.74 Å². The third-order valence-corrected chi connectivity index (χ3v) is 5.33. The number of benzene rings is 1. The Hall–Kier alpha value is -3.37. The minimum atomic E-state index is -0.318. The van der Waals surface area contributed by atoms with Crippen molar-refractivity contribution in [2.45, 2.75) is 13.0 Å². The molecule has 9 nitrogen and oxygen atoms in total. The van der Waals surface area contributed by atoms with Gasteiger partial charge in [-0.05, 0) is 30.7 Å². The van der Waals surface area contributed by atoms with Crippen molar-refractivity contribution in [1.82, 2.24) is 30.2 Å². The van der Waals surface area contributed by atoms with Crippen molar-refractivity contribution in [3.05, 3.63) is 75.6 Å². The number of morpholine rings is 1. The summed E-state index contributed by atoms with van der Waals surface area (Å²) in [6, 6.07) is 9.11. The topological polar surface area (TPSA) is 105 Å². The quantitative estimate of drug-likeness (QED) is 0.614. The average molecular weight is 426 g/mol. The van der Waals surface area contributed by atoms with Gasteiger partial charge in [-0.15, -0.1) is 0 Å². The van der Waals surface area contributed by atoms with Gasteiger partial charge in [0.2, 0.25) is 0 Å². The Balaban J connectivity index is 1.50. The smallest absolute Gasteiger partial charge is 0.264 e. The normalized spacial score (nSPS) is 15.5. The van der Waals surface area contributed by atoms with E-state index in [-0.39, 0.29) is 23.3 Å². The van der Waals surface area contributed by atoms with Gasteiger partial charge in [0.15, 0.2) is 5.82 Å². The summed E-state index contributed by atoms with van der Waals surface area (Å²) in [4.78, 5) is 26.3. The highest BCUT2D eigenvalue weighted by Gasteiger charge is 2.24. The Morgan fingerprint density at radius 3 is 2.65 bits per heavy atom. The molecule has 3 aromatic rings. The zero-order valence-corrected chi connectivity index (χ0v) is 17.0. The number of carbonyl (C=O) groups is 1. The van der Waals surface area contributed by atoms with Gasteiger partial charge in [-0.3, -0.25) is 14.5 Å². The third kappa shape index (κ3) is 4.70. The van der Waals surface area contributed by atoms with Crippen molar-refractivity contribution in [3.63, 3.8) is 0 Å². The van der Waals surface area contributed by atoms with Crippen molar-refractivity contribution in [1.29, 1.82) is 0 Å². The molecular weight excluding hydrogens is 403 g/mol. The molecule has 1 aromatic carbocycles. The molecule has 2 N–H and O–H groups in total. The molecule has 1 aliphatic rings. The van der Waals surface area contributed by atoms with Crippen LogP contribution in [0.5, 0.6) is 0 Å². The number of halogens is 1. The second-order valence-electron chi connectivity index (χ2n) is 7.26. The summed E-state index contributed by atoms with van der Waals surface area (Å²) in [6.45, 7) is 4.80. The van der Waals surface area contributed by atoms with Gasteiger partial charge in [-0.2, -0.15) is 10.2 Å². The summed E-state index contributed by atoms with van der Waals surface area (Å²) < 4.78 is 20.3. The Bertz CT molecular complexity index is 1080. The van der Waals surface area contributed by atoms with E-state index in [1.54, 1.807) is 19.1 Å². The van der Waals surface area contributed by atoms with Crippen molar-refractivity contribution in [2.24, 2.45) is 0 Å². The molecule has 0 aliphatic carbocycles. The largest absolute Gasteiger partial charge is 0.379 e. The molecule has 1 unspecified atom stereocenters. The maximum atomic E-state index is 13.4. The minimum absolute atomic E-state index is 0.107. The SMILES string of the molecule is Cc1c(C(=O)NCC(c2ccc(F)cc2)N2CCOCC2)cnn1-c1ccc(=O)[nH]n1. The summed E-state index contributed by atoms with van der Waals surface area (Å²) in [5, 5.41) is 13.5. The molecule has 0 radical (unpaired) electrons. The summed E-state index contributed by atoms with van der Waals surface area (Å²) in [7, 11) is 0. The molecule has 10 heteroatoms. The number of aromatic amines is 1. The van der Waals surface area contributed by atoms with E-state index in [0.717, 1.165) is 18.7 Å². The van der Waals surface area contributed by atoms with Gasteiger partial charge in [0, 0.05) is 25.7 Å². The molecule has 1 atom stereocenters. The van der Waals surface area contributed by atoms with Crippen LogP contribution in [0.1, 0.15) is 27.7 Å². The average Bonchev–Trinajstić information content (AvgIpc) is 3.17. The lowest BCUT2D eigenvalue weighted by molar-refractivity contribution is 0.0162. The van der Waals surface area contributed by atoms with Crippen LogP contribution in [0.25, 0.3) is 5.82 Å². The predicted octanol–water partition coefficient (Wildman–Crippen LogP) is 1.21. The number of nitrogens with one attached hydrogen (secondary N) is 2. The van der Waals surface area contributed by atoms with Crippen LogP contribution in [0.2, 0.25) is 0 Å². The van der Waals surface area contributed by atoms with E-state index in [9.17, 15) is 14.0 Å². The number of ether oxygens (including phenoxy) is 1. The molecular formula is C21H23FN6O3. The zero-order chi connectivity index (χ0) is 21.8. The molecule has 0 spiro atoms. The summed E-state index contributed by atoms with van der Waals surface area (Å²) in [6.07, 6.45) is 1.47. The lowest BCUT2D eigenvalue weighted by Gasteiger charge is -2.35. The Morgan fingerprint density at radius 2 is 1.97 bits per heavy atom. The maximum Gasteiger partial charge on any atom is 0.264 e. The van der Waals surface area contributed by atoms with Crippen molar-refractivity contribution in [2.75, 3.05) is 32.8 Å². The molecule has 31 heavy (non-hydrogen) atoms. The molecule has 0 bridgehead atoms. The zero-order valence-electron chi connectivity index (χ0n) is 17.0. The van der Waals surface area contributed by atoms with Crippen LogP contribution in [-0.2, 0) is 4.74 Å². The molecule has 1 aliphatic heterocycles. The Labute approximate surface area is 177 Å². The number of aromatic nitrogens is 4. The predicted molar refractivity (Wildman–Crippen MR) is 111 cm³/mol. The molecule has 0 saturated carbocycles. The summed E-state index contributed by atoms with van der Waals surface area (Å²) >= 11 is 0. The van der Waals surface area contributed by atoms with Crippen molar-refractivity contribution in [3.8, 4) is 5.82 Å². The molecule has 1 saturated heterocycles. The molecule has 3 heterocycles. The summed E-state index contributed by atoms with van der Waals surface area (Å²) in [5.41, 5.74) is 1.62. The first-order chi connectivity index (χ1) is 15.0. The van der Waals surface area contributed by atoms with Gasteiger partial charge >= 0.3 is 0 Å². The molecule has 4 rings (SSSR count). The van der Waals surface area contributed by atoms with Gasteiger partial charge in [0.05, 0.1) is 36.7 Å². The maximum absolute atomic E-state index is 13.4. The first-order valence-electron chi connectivity index (χ1n) is 9.99. The number of hydrogen-bond donors (Lipinski definition) is 2. The lowest BCUT2D eigenvalue weighted by Crippen LogP contribution is -2.43. The Morgan fingerprint density at radius 1 is 1.23 bits per heavy atom. The number of hydrogen-bond acceptors (Lipinski definition) is 6. The fraction of sp³-hybridized carbons (Fsp3) is 0.333. The van der Waals surface area contributed by atoms with Gasteiger partial charge < -0.3 is 10.1 Å². The van der Waals surface area contributed by atoms with Crippen molar-refractivity contribution >= 4 is 5.91 Å². The monoisotopic (exact) mass is 426 g/mol. The van der Waals surface area contributed by atoms with Crippen LogP contribution < -0.4 is 10.9 Å². The van der Waals surface area contributed by atoms with E-state index >= 15 is 0 Å². The van der Waals surface area contributed by atoms with Gasteiger partial charge in [0.25, 0.3) is 11.5 Å². The van der Waals surface area contributed by atoms with Crippen LogP contribution in [-0.4, -0.2) is 63.6 Å². The van der Waals surface area contributed by atoms with Gasteiger partial charge in [-0.1, -0.05) is 12.1 Å². The Kier molecular flexibility index (Phi) is 6.19. The van der Waals surface area contributed by atoms with Gasteiger partial charge in [-0.25, -0.2) is 14.2 Å². The van der Waals surface area contributed by atoms with Crippen LogP contribution in [0.4, 0.5) is 4.39 Å². The number of H-pyrrole nitrogens is 1. The van der Waals surface area contributed by atoms with E-state index in [0.29, 0.717) is 36.8 Å². The number of amides is 1. The first-order valence-corrected chi connectivity index (χ1v) is 9.99. The molecule has 1 fully saturated rings. The number of nitrogens with zero attached hydrogens (tertiary/aromatic N) is 4. The fourth-order valence-electron chi connectivity index (χ4n) is 3.64. The first kappa shape index (κ1) is 20.9. The fourth-order valence-corrected chi connectivity index (χ4v) is 3.64. The minimum Gasteiger partial charge on any atom is -0.379 e. The lowest BCUT2D eigenvalue weighted by atomic mass is 10.0. The van der Waals surface area contributed by atoms with Crippen LogP contribution >= 0.6 is 0 Å².